The van der Waals surface area contributed by atoms with E-state index >= 15 is 0 Å². The molecule has 0 aromatic rings. The summed E-state index contributed by atoms with van der Waals surface area (Å²) in [5.41, 5.74) is 0. The highest BCUT2D eigenvalue weighted by atomic mass is 16.6. The van der Waals surface area contributed by atoms with E-state index in [2.05, 4.69) is 74.6 Å². The first-order chi connectivity index (χ1) is 21.6. The van der Waals surface area contributed by atoms with Gasteiger partial charge in [0.1, 0.15) is 6.61 Å². The van der Waals surface area contributed by atoms with Crippen molar-refractivity contribution >= 4 is 11.9 Å². The van der Waals surface area contributed by atoms with Crippen LogP contribution in [0.1, 0.15) is 155 Å². The number of ether oxygens (including phenoxy) is 2. The molecule has 0 saturated carbocycles. The number of unbranched alkanes of at least 4 members (excludes halogenated alkanes) is 13. The van der Waals surface area contributed by atoms with Crippen LogP contribution in [0.25, 0.3) is 0 Å². The molecular weight excluding hydrogens is 548 g/mol. The lowest BCUT2D eigenvalue weighted by atomic mass is 10.1. The van der Waals surface area contributed by atoms with Crippen molar-refractivity contribution < 1.29 is 24.2 Å². The van der Waals surface area contributed by atoms with Gasteiger partial charge < -0.3 is 14.6 Å². The molecule has 0 aliphatic carbocycles. The summed E-state index contributed by atoms with van der Waals surface area (Å²) in [4.78, 5) is 24.1. The average molecular weight is 615 g/mol. The number of esters is 2. The van der Waals surface area contributed by atoms with E-state index in [1.54, 1.807) is 0 Å². The van der Waals surface area contributed by atoms with E-state index in [1.165, 1.54) is 51.4 Å². The number of hydrogen-bond donors (Lipinski definition) is 1. The van der Waals surface area contributed by atoms with Gasteiger partial charge in [-0.15, -0.1) is 0 Å². The Balaban J connectivity index is 3.67. The van der Waals surface area contributed by atoms with Crippen LogP contribution < -0.4 is 0 Å². The number of rotatable bonds is 31. The normalized spacial score (nSPS) is 12.9. The van der Waals surface area contributed by atoms with Crippen molar-refractivity contribution in [2.75, 3.05) is 13.2 Å². The molecule has 0 saturated heterocycles. The molecule has 0 amide bonds. The zero-order valence-corrected chi connectivity index (χ0v) is 28.4. The third kappa shape index (κ3) is 32.5. The molecular formula is C39H66O5. The van der Waals surface area contributed by atoms with Crippen LogP contribution in [0, 0.1) is 0 Å². The van der Waals surface area contributed by atoms with Crippen LogP contribution in [0.2, 0.25) is 0 Å². The third-order valence-corrected chi connectivity index (χ3v) is 7.33. The van der Waals surface area contributed by atoms with E-state index in [0.717, 1.165) is 77.0 Å². The number of aliphatic hydroxyl groups is 1. The number of carbonyl (C=O) groups is 2. The fourth-order valence-corrected chi connectivity index (χ4v) is 4.64. The minimum Gasteiger partial charge on any atom is -0.462 e. The fraction of sp³-hybridized carbons (Fsp3) is 0.692. The van der Waals surface area contributed by atoms with Gasteiger partial charge in [0.15, 0.2) is 6.10 Å². The molecule has 0 heterocycles. The second-order valence-electron chi connectivity index (χ2n) is 11.6. The molecule has 0 aromatic heterocycles. The fourth-order valence-electron chi connectivity index (χ4n) is 4.64. The van der Waals surface area contributed by atoms with Crippen LogP contribution in [0.15, 0.2) is 60.8 Å². The molecule has 1 atom stereocenters. The van der Waals surface area contributed by atoms with E-state index in [-0.39, 0.29) is 25.2 Å². The van der Waals surface area contributed by atoms with Gasteiger partial charge in [0.05, 0.1) is 6.61 Å². The molecule has 0 fully saturated rings. The van der Waals surface area contributed by atoms with Crippen molar-refractivity contribution in [1.29, 1.82) is 0 Å². The molecule has 0 aromatic carbocycles. The lowest BCUT2D eigenvalue weighted by Crippen LogP contribution is -2.28. The van der Waals surface area contributed by atoms with E-state index in [9.17, 15) is 14.7 Å². The third-order valence-electron chi connectivity index (χ3n) is 7.33. The Kier molecular flexibility index (Phi) is 33.2. The molecule has 0 aliphatic rings. The zero-order valence-electron chi connectivity index (χ0n) is 28.4. The number of aliphatic hydroxyl groups excluding tert-OH is 1. The number of allylic oxidation sites excluding steroid dienone is 10. The van der Waals surface area contributed by atoms with Crippen molar-refractivity contribution in [2.45, 2.75) is 161 Å². The molecule has 5 heteroatoms. The average Bonchev–Trinajstić information content (AvgIpc) is 3.02. The minimum atomic E-state index is -0.783. The quantitative estimate of drug-likeness (QED) is 0.0478. The van der Waals surface area contributed by atoms with Gasteiger partial charge in [-0.1, -0.05) is 145 Å². The summed E-state index contributed by atoms with van der Waals surface area (Å²) >= 11 is 0. The Morgan fingerprint density at radius 2 is 0.977 bits per heavy atom. The van der Waals surface area contributed by atoms with Crippen LogP contribution in [0.4, 0.5) is 0 Å². The van der Waals surface area contributed by atoms with E-state index in [1.807, 2.05) is 0 Å². The predicted octanol–water partition coefficient (Wildman–Crippen LogP) is 10.8. The molecule has 0 bridgehead atoms. The van der Waals surface area contributed by atoms with Crippen LogP contribution in [-0.4, -0.2) is 36.4 Å². The maximum Gasteiger partial charge on any atom is 0.306 e. The first-order valence-electron chi connectivity index (χ1n) is 17.8. The maximum atomic E-state index is 12.1. The summed E-state index contributed by atoms with van der Waals surface area (Å²) in [6.45, 7) is 3.97. The van der Waals surface area contributed by atoms with Crippen molar-refractivity contribution in [3.63, 3.8) is 0 Å². The summed E-state index contributed by atoms with van der Waals surface area (Å²) in [5.74, 6) is -0.634. The summed E-state index contributed by atoms with van der Waals surface area (Å²) in [5, 5.41) is 9.51. The molecule has 1 N–H and O–H groups in total. The van der Waals surface area contributed by atoms with Gasteiger partial charge in [-0.3, -0.25) is 9.59 Å². The van der Waals surface area contributed by atoms with E-state index in [0.29, 0.717) is 12.8 Å². The van der Waals surface area contributed by atoms with E-state index in [4.69, 9.17) is 9.47 Å². The Labute approximate surface area is 271 Å². The second-order valence-corrected chi connectivity index (χ2v) is 11.6. The highest BCUT2D eigenvalue weighted by Gasteiger charge is 2.16. The summed E-state index contributed by atoms with van der Waals surface area (Å²) < 4.78 is 10.5. The SMILES string of the molecule is CC/C=C/C/C=C/C/C=C/C/C=C/C/C=C/CCCCCC(=O)OC[C@H](CO)OC(=O)CCCCCCCCCCCCC. The van der Waals surface area contributed by atoms with Crippen molar-refractivity contribution in [3.05, 3.63) is 60.8 Å². The van der Waals surface area contributed by atoms with Crippen molar-refractivity contribution in [3.8, 4) is 0 Å². The second kappa shape index (κ2) is 35.1. The highest BCUT2D eigenvalue weighted by molar-refractivity contribution is 5.70. The largest absolute Gasteiger partial charge is 0.462 e. The summed E-state index contributed by atoms with van der Waals surface area (Å²) in [7, 11) is 0. The van der Waals surface area contributed by atoms with Gasteiger partial charge >= 0.3 is 11.9 Å². The number of carbonyl (C=O) groups excluding carboxylic acids is 2. The lowest BCUT2D eigenvalue weighted by molar-refractivity contribution is -0.161. The van der Waals surface area contributed by atoms with Gasteiger partial charge in [0, 0.05) is 12.8 Å². The molecule has 252 valence electrons. The van der Waals surface area contributed by atoms with Gasteiger partial charge in [-0.25, -0.2) is 0 Å². The Bertz CT molecular complexity index is 792. The molecule has 0 spiro atoms. The van der Waals surface area contributed by atoms with Crippen LogP contribution in [0.5, 0.6) is 0 Å². The number of hydrogen-bond acceptors (Lipinski definition) is 5. The maximum absolute atomic E-state index is 12.1. The Hall–Kier alpha value is -2.40. The molecule has 0 radical (unpaired) electrons. The Morgan fingerprint density at radius 1 is 0.545 bits per heavy atom. The molecule has 5 nitrogen and oxygen atoms in total. The topological polar surface area (TPSA) is 72.8 Å². The Morgan fingerprint density at radius 3 is 1.48 bits per heavy atom. The minimum absolute atomic E-state index is 0.0840. The standard InChI is InChI=1S/C39H66O5/c1-3-5-7-9-11-13-15-16-17-18-19-20-21-22-24-25-27-29-31-33-38(41)43-36-37(35-40)44-39(42)34-32-30-28-26-23-14-12-10-8-6-4-2/h5,7,11,13,16-17,19-20,22,24,37,40H,3-4,6,8-10,12,14-15,18,21,23,25-36H2,1-2H3/b7-5+,13-11+,17-16+,20-19+,24-22+/t37-/m0/s1. The van der Waals surface area contributed by atoms with Crippen molar-refractivity contribution in [1.82, 2.24) is 0 Å². The lowest BCUT2D eigenvalue weighted by Gasteiger charge is -2.15. The summed E-state index contributed by atoms with van der Waals surface area (Å²) in [6, 6.07) is 0. The first kappa shape index (κ1) is 41.6. The van der Waals surface area contributed by atoms with Crippen LogP contribution >= 0.6 is 0 Å². The van der Waals surface area contributed by atoms with Gasteiger partial charge in [0.25, 0.3) is 0 Å². The van der Waals surface area contributed by atoms with Crippen LogP contribution in [0.3, 0.4) is 0 Å². The molecule has 0 aliphatic heterocycles. The zero-order chi connectivity index (χ0) is 32.2. The van der Waals surface area contributed by atoms with E-state index < -0.39 is 6.10 Å². The van der Waals surface area contributed by atoms with Gasteiger partial charge in [0.2, 0.25) is 0 Å². The molecule has 0 rings (SSSR count). The first-order valence-corrected chi connectivity index (χ1v) is 17.8. The monoisotopic (exact) mass is 614 g/mol. The summed E-state index contributed by atoms with van der Waals surface area (Å²) in [6.07, 6.45) is 44.2. The molecule has 0 unspecified atom stereocenters. The predicted molar refractivity (Wildman–Crippen MR) is 187 cm³/mol. The van der Waals surface area contributed by atoms with Crippen molar-refractivity contribution in [2.24, 2.45) is 0 Å². The smallest absolute Gasteiger partial charge is 0.306 e. The van der Waals surface area contributed by atoms with Gasteiger partial charge in [-0.2, -0.15) is 0 Å². The highest BCUT2D eigenvalue weighted by Crippen LogP contribution is 2.13. The molecule has 44 heavy (non-hydrogen) atoms. The van der Waals surface area contributed by atoms with Crippen LogP contribution in [-0.2, 0) is 19.1 Å². The van der Waals surface area contributed by atoms with Gasteiger partial charge in [-0.05, 0) is 57.8 Å².